The van der Waals surface area contributed by atoms with Crippen LogP contribution in [0.15, 0.2) is 24.7 Å². The number of amides is 1. The van der Waals surface area contributed by atoms with Crippen LogP contribution in [0.4, 0.5) is 5.82 Å². The van der Waals surface area contributed by atoms with Crippen LogP contribution in [0.2, 0.25) is 5.02 Å². The largest absolute Gasteiger partial charge is 0.317 e. The van der Waals surface area contributed by atoms with E-state index in [2.05, 4.69) is 30.4 Å². The summed E-state index contributed by atoms with van der Waals surface area (Å²) in [4.78, 5) is 16.2. The van der Waals surface area contributed by atoms with Gasteiger partial charge in [0.1, 0.15) is 18.0 Å². The van der Waals surface area contributed by atoms with Crippen molar-refractivity contribution < 1.29 is 4.79 Å². The molecule has 0 bridgehead atoms. The van der Waals surface area contributed by atoms with Gasteiger partial charge in [-0.05, 0) is 31.4 Å². The quantitative estimate of drug-likeness (QED) is 0.865. The lowest BCUT2D eigenvalue weighted by molar-refractivity contribution is -0.117. The second-order valence-corrected chi connectivity index (χ2v) is 6.22. The number of fused-ring (bicyclic) bond motifs is 1. The number of nitrogens with zero attached hydrogens (tertiary/aromatic N) is 4. The Morgan fingerprint density at radius 2 is 2.39 bits per heavy atom. The summed E-state index contributed by atoms with van der Waals surface area (Å²) in [7, 11) is 0. The molecule has 0 aromatic carbocycles. The van der Waals surface area contributed by atoms with E-state index in [9.17, 15) is 4.79 Å². The van der Waals surface area contributed by atoms with Crippen LogP contribution in [-0.4, -0.2) is 38.2 Å². The smallest absolute Gasteiger partial charge is 0.242 e. The van der Waals surface area contributed by atoms with Crippen molar-refractivity contribution >= 4 is 23.3 Å². The Bertz CT molecular complexity index is 671. The van der Waals surface area contributed by atoms with Gasteiger partial charge in [0, 0.05) is 25.7 Å². The third-order valence-electron chi connectivity index (χ3n) is 4.01. The van der Waals surface area contributed by atoms with E-state index in [4.69, 9.17) is 11.6 Å². The molecule has 3 heterocycles. The first-order valence-corrected chi connectivity index (χ1v) is 8.02. The lowest BCUT2D eigenvalue weighted by Crippen LogP contribution is -2.42. The number of halogens is 1. The van der Waals surface area contributed by atoms with Gasteiger partial charge in [0.25, 0.3) is 0 Å². The molecule has 2 aromatic rings. The van der Waals surface area contributed by atoms with Gasteiger partial charge in [-0.1, -0.05) is 11.6 Å². The first-order valence-electron chi connectivity index (χ1n) is 7.64. The third kappa shape index (κ3) is 4.05. The molecule has 122 valence electrons. The van der Waals surface area contributed by atoms with Gasteiger partial charge in [0.05, 0.1) is 11.1 Å². The summed E-state index contributed by atoms with van der Waals surface area (Å²) in [5, 5.41) is 14.6. The Labute approximate surface area is 139 Å². The second kappa shape index (κ2) is 7.06. The highest BCUT2D eigenvalue weighted by Gasteiger charge is 2.21. The number of rotatable bonds is 5. The maximum Gasteiger partial charge on any atom is 0.242 e. The van der Waals surface area contributed by atoms with Crippen molar-refractivity contribution in [1.29, 1.82) is 0 Å². The molecule has 1 amide bonds. The van der Waals surface area contributed by atoms with E-state index in [-0.39, 0.29) is 11.9 Å². The summed E-state index contributed by atoms with van der Waals surface area (Å²) >= 11 is 5.78. The molecule has 0 saturated heterocycles. The highest BCUT2D eigenvalue weighted by molar-refractivity contribution is 6.30. The van der Waals surface area contributed by atoms with Gasteiger partial charge in [-0.25, -0.2) is 4.98 Å². The summed E-state index contributed by atoms with van der Waals surface area (Å²) in [6, 6.07) is 3.08. The normalized spacial score (nSPS) is 18.3. The van der Waals surface area contributed by atoms with Crippen LogP contribution >= 0.6 is 11.6 Å². The van der Waals surface area contributed by atoms with Crippen molar-refractivity contribution in [2.45, 2.75) is 32.4 Å². The predicted octanol–water partition coefficient (Wildman–Crippen LogP) is 1.51. The van der Waals surface area contributed by atoms with Gasteiger partial charge in [-0.3, -0.25) is 4.79 Å². The topological polar surface area (TPSA) is 84.7 Å². The first-order chi connectivity index (χ1) is 11.1. The fourth-order valence-electron chi connectivity index (χ4n) is 2.61. The highest BCUT2D eigenvalue weighted by Crippen LogP contribution is 2.17. The molecule has 1 aliphatic rings. The molecule has 23 heavy (non-hydrogen) atoms. The van der Waals surface area contributed by atoms with Gasteiger partial charge < -0.3 is 15.2 Å². The average Bonchev–Trinajstić information content (AvgIpc) is 3.02. The zero-order valence-corrected chi connectivity index (χ0v) is 13.6. The number of hydrogen-bond donors (Lipinski definition) is 2. The minimum atomic E-state index is -0.296. The van der Waals surface area contributed by atoms with Crippen LogP contribution in [0.3, 0.4) is 0 Å². The van der Waals surface area contributed by atoms with Gasteiger partial charge in [-0.15, -0.1) is 10.2 Å². The predicted molar refractivity (Wildman–Crippen MR) is 87.2 cm³/mol. The lowest BCUT2D eigenvalue weighted by atomic mass is 9.99. The second-order valence-electron chi connectivity index (χ2n) is 5.79. The van der Waals surface area contributed by atoms with E-state index in [1.165, 1.54) is 6.20 Å². The number of hydrogen-bond acceptors (Lipinski definition) is 5. The molecule has 8 heteroatoms. The summed E-state index contributed by atoms with van der Waals surface area (Å²) < 4.78 is 2.08. The van der Waals surface area contributed by atoms with Crippen LogP contribution in [0.1, 0.15) is 19.2 Å². The van der Waals surface area contributed by atoms with Crippen molar-refractivity contribution in [3.8, 4) is 0 Å². The van der Waals surface area contributed by atoms with Crippen molar-refractivity contribution in [3.63, 3.8) is 0 Å². The molecule has 2 atom stereocenters. The maximum absolute atomic E-state index is 12.2. The van der Waals surface area contributed by atoms with E-state index in [0.29, 0.717) is 16.8 Å². The fourth-order valence-corrected chi connectivity index (χ4v) is 2.73. The van der Waals surface area contributed by atoms with Gasteiger partial charge >= 0.3 is 0 Å². The molecule has 0 fully saturated rings. The van der Waals surface area contributed by atoms with Crippen LogP contribution in [-0.2, 0) is 17.8 Å². The molecule has 3 rings (SSSR count). The molecule has 0 radical (unpaired) electrons. The van der Waals surface area contributed by atoms with Gasteiger partial charge in [-0.2, -0.15) is 0 Å². The molecule has 0 unspecified atom stereocenters. The van der Waals surface area contributed by atoms with Gasteiger partial charge in [0.15, 0.2) is 0 Å². The van der Waals surface area contributed by atoms with Gasteiger partial charge in [0.2, 0.25) is 5.91 Å². The minimum absolute atomic E-state index is 0.111. The van der Waals surface area contributed by atoms with Crippen molar-refractivity contribution in [2.24, 2.45) is 5.92 Å². The minimum Gasteiger partial charge on any atom is -0.317 e. The zero-order valence-electron chi connectivity index (χ0n) is 12.9. The highest BCUT2D eigenvalue weighted by atomic mass is 35.5. The summed E-state index contributed by atoms with van der Waals surface area (Å²) in [6.45, 7) is 3.51. The molecule has 2 N–H and O–H groups in total. The van der Waals surface area contributed by atoms with E-state index in [0.717, 1.165) is 31.8 Å². The van der Waals surface area contributed by atoms with E-state index in [1.807, 2.05) is 6.92 Å². The Kier molecular flexibility index (Phi) is 4.88. The number of pyridine rings is 1. The molecular weight excluding hydrogens is 316 g/mol. The molecule has 0 aliphatic carbocycles. The first kappa shape index (κ1) is 15.9. The Morgan fingerprint density at radius 1 is 1.52 bits per heavy atom. The summed E-state index contributed by atoms with van der Waals surface area (Å²) in [6.07, 6.45) is 5.26. The molecule has 2 aromatic heterocycles. The molecule has 0 spiro atoms. The Morgan fingerprint density at radius 3 is 3.17 bits per heavy atom. The number of aryl methyl sites for hydroxylation is 1. The SMILES string of the molecule is C[C@H](NC[C@H]1CCc2nncn2C1)C(=O)Nc1ccc(Cl)cn1. The van der Waals surface area contributed by atoms with Crippen LogP contribution in [0.5, 0.6) is 0 Å². The van der Waals surface area contributed by atoms with Crippen molar-refractivity contribution in [3.05, 3.63) is 35.5 Å². The third-order valence-corrected chi connectivity index (χ3v) is 4.24. The van der Waals surface area contributed by atoms with E-state index < -0.39 is 0 Å². The molecule has 7 nitrogen and oxygen atoms in total. The van der Waals surface area contributed by atoms with Crippen LogP contribution < -0.4 is 10.6 Å². The van der Waals surface area contributed by atoms with Crippen LogP contribution in [0.25, 0.3) is 0 Å². The number of carbonyl (C=O) groups excluding carboxylic acids is 1. The lowest BCUT2D eigenvalue weighted by Gasteiger charge is -2.24. The fraction of sp³-hybridized carbons (Fsp3) is 0.467. The Hall–Kier alpha value is -1.99. The molecule has 0 saturated carbocycles. The number of aromatic nitrogens is 4. The average molecular weight is 335 g/mol. The number of carbonyl (C=O) groups is 1. The molecular formula is C15H19ClN6O. The number of anilines is 1. The molecule has 1 aliphatic heterocycles. The summed E-state index contributed by atoms with van der Waals surface area (Å²) in [5.74, 6) is 1.91. The van der Waals surface area contributed by atoms with Crippen molar-refractivity contribution in [1.82, 2.24) is 25.1 Å². The standard InChI is InChI=1S/C15H19ClN6O/c1-10(15(23)20-13-4-3-12(16)7-18-13)17-6-11-2-5-14-21-19-9-22(14)8-11/h3-4,7,9-11,17H,2,5-6,8H2,1H3,(H,18,20,23)/t10-,11+/m0/s1. The van der Waals surface area contributed by atoms with Crippen LogP contribution in [0, 0.1) is 5.92 Å². The summed E-state index contributed by atoms with van der Waals surface area (Å²) in [5.41, 5.74) is 0. The maximum atomic E-state index is 12.2. The van der Waals surface area contributed by atoms with E-state index in [1.54, 1.807) is 18.5 Å². The number of nitrogens with one attached hydrogen (secondary N) is 2. The monoisotopic (exact) mass is 334 g/mol. The Balaban J connectivity index is 1.46. The van der Waals surface area contributed by atoms with Crippen molar-refractivity contribution in [2.75, 3.05) is 11.9 Å². The zero-order chi connectivity index (χ0) is 16.2. The van der Waals surface area contributed by atoms with E-state index >= 15 is 0 Å².